The van der Waals surface area contributed by atoms with E-state index in [1.165, 1.54) is 11.1 Å². The minimum Gasteiger partial charge on any atom is -0.403 e. The Morgan fingerprint density at radius 3 is 2.62 bits per heavy atom. The zero-order valence-corrected chi connectivity index (χ0v) is 14.0. The number of hydrogen-bond acceptors (Lipinski definition) is 5. The Hall–Kier alpha value is -2.60. The summed E-state index contributed by atoms with van der Waals surface area (Å²) in [6, 6.07) is 17.7. The van der Waals surface area contributed by atoms with Crippen LogP contribution in [-0.4, -0.2) is 21.9 Å². The molecule has 122 valence electrons. The fourth-order valence-electron chi connectivity index (χ4n) is 2.15. The molecule has 0 bridgehead atoms. The first-order valence-corrected chi connectivity index (χ1v) is 8.69. The smallest absolute Gasteiger partial charge is 0.322 e. The molecule has 0 fully saturated rings. The summed E-state index contributed by atoms with van der Waals surface area (Å²) in [6.07, 6.45) is 0. The van der Waals surface area contributed by atoms with E-state index in [4.69, 9.17) is 4.42 Å². The molecule has 0 aliphatic carbocycles. The number of carbonyl (C=O) groups excluding carboxylic acids is 1. The van der Waals surface area contributed by atoms with E-state index in [9.17, 15) is 4.79 Å². The zero-order valence-electron chi connectivity index (χ0n) is 13.2. The molecule has 1 aromatic heterocycles. The molecule has 0 radical (unpaired) electrons. The highest BCUT2D eigenvalue weighted by Gasteiger charge is 2.11. The quantitative estimate of drug-likeness (QED) is 0.737. The predicted octanol–water partition coefficient (Wildman–Crippen LogP) is 3.92. The summed E-state index contributed by atoms with van der Waals surface area (Å²) in [4.78, 5) is 12.0. The Labute approximate surface area is 144 Å². The van der Waals surface area contributed by atoms with Crippen molar-refractivity contribution >= 4 is 23.7 Å². The first kappa shape index (κ1) is 16.3. The van der Waals surface area contributed by atoms with Crippen LogP contribution in [0.1, 0.15) is 11.1 Å². The average molecular weight is 339 g/mol. The summed E-state index contributed by atoms with van der Waals surface area (Å²) in [6.45, 7) is 2.07. The SMILES string of the molecule is Cc1ccccc1CSCC(=O)Nc1nnc(-c2ccccc2)o1. The van der Waals surface area contributed by atoms with Gasteiger partial charge in [0.25, 0.3) is 0 Å². The number of aromatic nitrogens is 2. The van der Waals surface area contributed by atoms with E-state index in [-0.39, 0.29) is 11.9 Å². The lowest BCUT2D eigenvalue weighted by atomic mass is 10.1. The molecule has 0 aliphatic heterocycles. The van der Waals surface area contributed by atoms with Crippen LogP contribution in [0, 0.1) is 6.92 Å². The maximum absolute atomic E-state index is 12.0. The third-order valence-corrected chi connectivity index (χ3v) is 4.43. The van der Waals surface area contributed by atoms with E-state index in [0.717, 1.165) is 11.3 Å². The second-order valence-electron chi connectivity index (χ2n) is 5.25. The van der Waals surface area contributed by atoms with Gasteiger partial charge < -0.3 is 4.42 Å². The number of amides is 1. The van der Waals surface area contributed by atoms with Crippen molar-refractivity contribution in [3.8, 4) is 11.5 Å². The van der Waals surface area contributed by atoms with Gasteiger partial charge in [-0.15, -0.1) is 16.9 Å². The largest absolute Gasteiger partial charge is 0.403 e. The Bertz CT molecular complexity index is 818. The fourth-order valence-corrected chi connectivity index (χ4v) is 3.06. The van der Waals surface area contributed by atoms with Crippen molar-refractivity contribution in [2.75, 3.05) is 11.1 Å². The monoisotopic (exact) mass is 339 g/mol. The fraction of sp³-hybridized carbons (Fsp3) is 0.167. The molecule has 6 heteroatoms. The van der Waals surface area contributed by atoms with Crippen LogP contribution >= 0.6 is 11.8 Å². The van der Waals surface area contributed by atoms with Gasteiger partial charge in [-0.1, -0.05) is 47.6 Å². The molecule has 0 atom stereocenters. The summed E-state index contributed by atoms with van der Waals surface area (Å²) in [5.41, 5.74) is 3.29. The van der Waals surface area contributed by atoms with Gasteiger partial charge >= 0.3 is 6.01 Å². The molecule has 0 aliphatic rings. The minimum atomic E-state index is -0.156. The molecule has 2 aromatic carbocycles. The number of thioether (sulfide) groups is 1. The molecular weight excluding hydrogens is 322 g/mol. The first-order chi connectivity index (χ1) is 11.7. The average Bonchev–Trinajstić information content (AvgIpc) is 3.06. The Kier molecular flexibility index (Phi) is 5.28. The summed E-state index contributed by atoms with van der Waals surface area (Å²) in [5, 5.41) is 10.4. The van der Waals surface area contributed by atoms with Gasteiger partial charge in [-0.05, 0) is 30.2 Å². The highest BCUT2D eigenvalue weighted by molar-refractivity contribution is 7.99. The number of aryl methyl sites for hydroxylation is 1. The number of benzene rings is 2. The number of carbonyl (C=O) groups is 1. The maximum Gasteiger partial charge on any atom is 0.322 e. The molecule has 3 rings (SSSR count). The summed E-state index contributed by atoms with van der Waals surface area (Å²) >= 11 is 1.55. The van der Waals surface area contributed by atoms with Crippen LogP contribution in [0.15, 0.2) is 59.0 Å². The van der Waals surface area contributed by atoms with Gasteiger partial charge in [0.05, 0.1) is 5.75 Å². The number of hydrogen-bond donors (Lipinski definition) is 1. The van der Waals surface area contributed by atoms with Gasteiger partial charge in [-0.2, -0.15) is 0 Å². The number of rotatable bonds is 6. The molecule has 0 unspecified atom stereocenters. The standard InChI is InChI=1S/C18H17N3O2S/c1-13-7-5-6-10-15(13)11-24-12-16(22)19-18-21-20-17(23-18)14-8-3-2-4-9-14/h2-10H,11-12H2,1H3,(H,19,21,22). The number of nitrogens with one attached hydrogen (secondary N) is 1. The van der Waals surface area contributed by atoms with Crippen LogP contribution in [0.3, 0.4) is 0 Å². The molecule has 0 saturated heterocycles. The molecule has 0 saturated carbocycles. The lowest BCUT2D eigenvalue weighted by Crippen LogP contribution is -2.14. The van der Waals surface area contributed by atoms with Crippen LogP contribution in [-0.2, 0) is 10.5 Å². The van der Waals surface area contributed by atoms with Crippen molar-refractivity contribution in [1.82, 2.24) is 10.2 Å². The lowest BCUT2D eigenvalue weighted by Gasteiger charge is -2.04. The number of anilines is 1. The van der Waals surface area contributed by atoms with Gasteiger partial charge in [-0.25, -0.2) is 0 Å². The third-order valence-electron chi connectivity index (χ3n) is 3.44. The first-order valence-electron chi connectivity index (χ1n) is 7.53. The van der Waals surface area contributed by atoms with Crippen molar-refractivity contribution in [1.29, 1.82) is 0 Å². The molecule has 24 heavy (non-hydrogen) atoms. The van der Waals surface area contributed by atoms with Gasteiger partial charge in [0.2, 0.25) is 11.8 Å². The summed E-state index contributed by atoms with van der Waals surface area (Å²) < 4.78 is 5.46. The Morgan fingerprint density at radius 2 is 1.83 bits per heavy atom. The predicted molar refractivity (Wildman–Crippen MR) is 95.7 cm³/mol. The molecular formula is C18H17N3O2S. The second-order valence-corrected chi connectivity index (χ2v) is 6.23. The van der Waals surface area contributed by atoms with E-state index < -0.39 is 0 Å². The van der Waals surface area contributed by atoms with E-state index >= 15 is 0 Å². The van der Waals surface area contributed by atoms with Crippen molar-refractivity contribution in [3.63, 3.8) is 0 Å². The van der Waals surface area contributed by atoms with E-state index in [1.54, 1.807) is 11.8 Å². The number of nitrogens with zero attached hydrogens (tertiary/aromatic N) is 2. The summed E-state index contributed by atoms with van der Waals surface area (Å²) in [7, 11) is 0. The zero-order chi connectivity index (χ0) is 16.8. The normalized spacial score (nSPS) is 10.5. The van der Waals surface area contributed by atoms with Gasteiger partial charge in [0, 0.05) is 11.3 Å². The third kappa shape index (κ3) is 4.23. The molecule has 0 spiro atoms. The van der Waals surface area contributed by atoms with Crippen LogP contribution in [0.4, 0.5) is 6.01 Å². The molecule has 1 amide bonds. The van der Waals surface area contributed by atoms with Crippen molar-refractivity contribution in [2.24, 2.45) is 0 Å². The van der Waals surface area contributed by atoms with Crippen LogP contribution in [0.25, 0.3) is 11.5 Å². The van der Waals surface area contributed by atoms with Crippen molar-refractivity contribution < 1.29 is 9.21 Å². The van der Waals surface area contributed by atoms with Crippen LogP contribution in [0.2, 0.25) is 0 Å². The van der Waals surface area contributed by atoms with Crippen molar-refractivity contribution in [3.05, 3.63) is 65.7 Å². The topological polar surface area (TPSA) is 68.0 Å². The van der Waals surface area contributed by atoms with E-state index in [2.05, 4.69) is 34.6 Å². The van der Waals surface area contributed by atoms with Crippen LogP contribution in [0.5, 0.6) is 0 Å². The minimum absolute atomic E-state index is 0.121. The molecule has 1 heterocycles. The van der Waals surface area contributed by atoms with Gasteiger partial charge in [0.15, 0.2) is 0 Å². The molecule has 1 N–H and O–H groups in total. The van der Waals surface area contributed by atoms with E-state index in [1.807, 2.05) is 42.5 Å². The highest BCUT2D eigenvalue weighted by Crippen LogP contribution is 2.20. The van der Waals surface area contributed by atoms with Gasteiger partial charge in [0.1, 0.15) is 0 Å². The lowest BCUT2D eigenvalue weighted by molar-refractivity contribution is -0.113. The van der Waals surface area contributed by atoms with Gasteiger partial charge in [-0.3, -0.25) is 10.1 Å². The summed E-state index contributed by atoms with van der Waals surface area (Å²) in [5.74, 6) is 1.35. The second kappa shape index (κ2) is 7.79. The highest BCUT2D eigenvalue weighted by atomic mass is 32.2. The maximum atomic E-state index is 12.0. The van der Waals surface area contributed by atoms with Crippen molar-refractivity contribution in [2.45, 2.75) is 12.7 Å². The molecule has 3 aromatic rings. The Morgan fingerprint density at radius 1 is 1.08 bits per heavy atom. The van der Waals surface area contributed by atoms with Crippen LogP contribution < -0.4 is 5.32 Å². The Balaban J connectivity index is 1.51. The van der Waals surface area contributed by atoms with E-state index in [0.29, 0.717) is 11.6 Å². The molecule has 5 nitrogen and oxygen atoms in total.